The first kappa shape index (κ1) is 26.5. The van der Waals surface area contributed by atoms with Crippen LogP contribution < -0.4 is 0 Å². The standard InChI is InChI=1S/C47H32/c1-47(2)27-26-32-28-33(20-25-42(32)47)43-35-12-6-8-14-37(35)46(38-15-9-7-13-36(38)43)41-24-19-31-17-22-39-34(29-10-4-3-5-11-29)21-16-30-18-23-40(41)45(31)44(30)39/h3-28H,1-2H3. The van der Waals surface area contributed by atoms with E-state index < -0.39 is 0 Å². The van der Waals surface area contributed by atoms with Crippen LogP contribution in [-0.4, -0.2) is 0 Å². The van der Waals surface area contributed by atoms with Gasteiger partial charge >= 0.3 is 0 Å². The summed E-state index contributed by atoms with van der Waals surface area (Å²) in [6, 6.07) is 54.5. The van der Waals surface area contributed by atoms with Crippen LogP contribution in [0, 0.1) is 0 Å². The minimum Gasteiger partial charge on any atom is -0.0739 e. The lowest BCUT2D eigenvalue weighted by atomic mass is 9.82. The van der Waals surface area contributed by atoms with Gasteiger partial charge in [0.25, 0.3) is 0 Å². The van der Waals surface area contributed by atoms with Gasteiger partial charge in [0, 0.05) is 5.41 Å². The van der Waals surface area contributed by atoms with E-state index in [9.17, 15) is 0 Å². The van der Waals surface area contributed by atoms with Crippen molar-refractivity contribution in [1.29, 1.82) is 0 Å². The Balaban J connectivity index is 1.30. The highest BCUT2D eigenvalue weighted by Crippen LogP contribution is 2.48. The summed E-state index contributed by atoms with van der Waals surface area (Å²) in [7, 11) is 0. The summed E-state index contributed by atoms with van der Waals surface area (Å²) in [6.45, 7) is 4.60. The van der Waals surface area contributed by atoms with E-state index in [1.807, 2.05) is 0 Å². The molecule has 0 spiro atoms. The van der Waals surface area contributed by atoms with Crippen LogP contribution in [0.1, 0.15) is 25.0 Å². The molecular weight excluding hydrogens is 565 g/mol. The van der Waals surface area contributed by atoms with Crippen molar-refractivity contribution in [3.05, 3.63) is 163 Å². The number of hydrogen-bond acceptors (Lipinski definition) is 0. The van der Waals surface area contributed by atoms with E-state index in [1.165, 1.54) is 98.4 Å². The second-order valence-electron chi connectivity index (χ2n) is 13.7. The maximum atomic E-state index is 2.40. The van der Waals surface area contributed by atoms with E-state index >= 15 is 0 Å². The summed E-state index contributed by atoms with van der Waals surface area (Å²) in [5.74, 6) is 0. The van der Waals surface area contributed by atoms with E-state index in [0.717, 1.165) is 0 Å². The molecule has 1 aliphatic rings. The fourth-order valence-corrected chi connectivity index (χ4v) is 8.45. The van der Waals surface area contributed by atoms with Gasteiger partial charge in [0.15, 0.2) is 0 Å². The zero-order chi connectivity index (χ0) is 31.3. The van der Waals surface area contributed by atoms with E-state index in [1.54, 1.807) is 0 Å². The quantitative estimate of drug-likeness (QED) is 0.141. The van der Waals surface area contributed by atoms with Crippen molar-refractivity contribution in [3.63, 3.8) is 0 Å². The molecule has 0 fully saturated rings. The summed E-state index contributed by atoms with van der Waals surface area (Å²) < 4.78 is 0. The van der Waals surface area contributed by atoms with Crippen LogP contribution in [-0.2, 0) is 5.41 Å². The summed E-state index contributed by atoms with van der Waals surface area (Å²) in [6.07, 6.45) is 4.63. The van der Waals surface area contributed by atoms with Crippen molar-refractivity contribution in [2.75, 3.05) is 0 Å². The molecule has 9 aromatic carbocycles. The number of hydrogen-bond donors (Lipinski definition) is 0. The lowest BCUT2D eigenvalue weighted by Crippen LogP contribution is -2.10. The van der Waals surface area contributed by atoms with Gasteiger partial charge in [0.05, 0.1) is 0 Å². The van der Waals surface area contributed by atoms with Gasteiger partial charge in [0.2, 0.25) is 0 Å². The second-order valence-corrected chi connectivity index (χ2v) is 13.7. The first-order valence-electron chi connectivity index (χ1n) is 16.6. The Hall–Kier alpha value is -5.72. The van der Waals surface area contributed by atoms with E-state index in [2.05, 4.69) is 172 Å². The molecule has 0 bridgehead atoms. The second kappa shape index (κ2) is 9.64. The maximum Gasteiger partial charge on any atom is 0.00845 e. The molecule has 0 nitrogen and oxygen atoms in total. The summed E-state index contributed by atoms with van der Waals surface area (Å²) in [5.41, 5.74) is 10.5. The molecule has 0 heterocycles. The zero-order valence-electron chi connectivity index (χ0n) is 26.5. The molecule has 10 rings (SSSR count). The first-order valence-corrected chi connectivity index (χ1v) is 16.6. The van der Waals surface area contributed by atoms with E-state index in [-0.39, 0.29) is 5.41 Å². The molecule has 0 aliphatic heterocycles. The first-order chi connectivity index (χ1) is 23.1. The monoisotopic (exact) mass is 596 g/mol. The molecule has 0 N–H and O–H groups in total. The van der Waals surface area contributed by atoms with Gasteiger partial charge in [-0.3, -0.25) is 0 Å². The van der Waals surface area contributed by atoms with Gasteiger partial charge in [-0.15, -0.1) is 0 Å². The minimum atomic E-state index is 0.0682. The highest BCUT2D eigenvalue weighted by atomic mass is 14.3. The number of allylic oxidation sites excluding steroid dienone is 1. The van der Waals surface area contributed by atoms with Crippen molar-refractivity contribution in [1.82, 2.24) is 0 Å². The third kappa shape index (κ3) is 3.76. The fraction of sp³-hybridized carbons (Fsp3) is 0.0638. The third-order valence-electron chi connectivity index (χ3n) is 10.7. The molecule has 0 saturated heterocycles. The van der Waals surface area contributed by atoms with Crippen molar-refractivity contribution < 1.29 is 0 Å². The predicted octanol–water partition coefficient (Wildman–Crippen LogP) is 13.2. The van der Waals surface area contributed by atoms with Gasteiger partial charge in [0.1, 0.15) is 0 Å². The molecule has 9 aromatic rings. The topological polar surface area (TPSA) is 0 Å². The summed E-state index contributed by atoms with van der Waals surface area (Å²) in [4.78, 5) is 0. The Bertz CT molecular complexity index is 2680. The molecule has 0 aromatic heterocycles. The van der Waals surface area contributed by atoms with Gasteiger partial charge in [-0.05, 0) is 104 Å². The molecular formula is C47H32. The Morgan fingerprint density at radius 2 is 0.936 bits per heavy atom. The Labute approximate surface area is 274 Å². The van der Waals surface area contributed by atoms with E-state index in [4.69, 9.17) is 0 Å². The average Bonchev–Trinajstić information content (AvgIpc) is 3.43. The normalized spacial score (nSPS) is 13.8. The van der Waals surface area contributed by atoms with Crippen molar-refractivity contribution in [3.8, 4) is 33.4 Å². The highest BCUT2D eigenvalue weighted by Gasteiger charge is 2.26. The van der Waals surface area contributed by atoms with Crippen LogP contribution in [0.2, 0.25) is 0 Å². The molecule has 47 heavy (non-hydrogen) atoms. The van der Waals surface area contributed by atoms with Gasteiger partial charge in [-0.1, -0.05) is 166 Å². The lowest BCUT2D eigenvalue weighted by Gasteiger charge is -2.21. The number of rotatable bonds is 3. The number of fused-ring (bicyclic) bond motifs is 3. The fourth-order valence-electron chi connectivity index (χ4n) is 8.45. The number of benzene rings is 9. The molecule has 1 aliphatic carbocycles. The molecule has 0 unspecified atom stereocenters. The minimum absolute atomic E-state index is 0.0682. The Morgan fingerprint density at radius 1 is 0.404 bits per heavy atom. The molecule has 220 valence electrons. The zero-order valence-corrected chi connectivity index (χ0v) is 26.5. The molecule has 0 amide bonds. The van der Waals surface area contributed by atoms with E-state index in [0.29, 0.717) is 0 Å². The van der Waals surface area contributed by atoms with Gasteiger partial charge < -0.3 is 0 Å². The summed E-state index contributed by atoms with van der Waals surface area (Å²) >= 11 is 0. The van der Waals surface area contributed by atoms with Crippen LogP contribution in [0.3, 0.4) is 0 Å². The van der Waals surface area contributed by atoms with Crippen molar-refractivity contribution >= 4 is 59.9 Å². The average molecular weight is 597 g/mol. The molecule has 0 saturated carbocycles. The molecule has 0 heteroatoms. The van der Waals surface area contributed by atoms with Crippen LogP contribution in [0.15, 0.2) is 152 Å². The van der Waals surface area contributed by atoms with Gasteiger partial charge in [-0.2, -0.15) is 0 Å². The molecule has 0 radical (unpaired) electrons. The van der Waals surface area contributed by atoms with Crippen molar-refractivity contribution in [2.24, 2.45) is 0 Å². The highest BCUT2D eigenvalue weighted by molar-refractivity contribution is 6.30. The molecule has 0 atom stereocenters. The Morgan fingerprint density at radius 3 is 1.57 bits per heavy atom. The smallest absolute Gasteiger partial charge is 0.00845 e. The van der Waals surface area contributed by atoms with Crippen molar-refractivity contribution in [2.45, 2.75) is 19.3 Å². The van der Waals surface area contributed by atoms with Crippen LogP contribution in [0.25, 0.3) is 93.3 Å². The van der Waals surface area contributed by atoms with Gasteiger partial charge in [-0.25, -0.2) is 0 Å². The van der Waals surface area contributed by atoms with Crippen LogP contribution in [0.5, 0.6) is 0 Å². The third-order valence-corrected chi connectivity index (χ3v) is 10.7. The van der Waals surface area contributed by atoms with Crippen LogP contribution in [0.4, 0.5) is 0 Å². The largest absolute Gasteiger partial charge is 0.0739 e. The maximum absolute atomic E-state index is 2.40. The van der Waals surface area contributed by atoms with Crippen LogP contribution >= 0.6 is 0 Å². The Kier molecular flexibility index (Phi) is 5.44. The SMILES string of the molecule is CC1(C)C=Cc2cc(-c3c4ccccc4c(-c4ccc5ccc6c(-c7ccccc7)ccc7ccc4c5c76)c4ccccc34)ccc21. The summed E-state index contributed by atoms with van der Waals surface area (Å²) in [5, 5.41) is 13.0. The predicted molar refractivity (Wildman–Crippen MR) is 204 cm³/mol. The lowest BCUT2D eigenvalue weighted by molar-refractivity contribution is 0.683.